The van der Waals surface area contributed by atoms with Gasteiger partial charge in [-0.2, -0.15) is 0 Å². The fourth-order valence-corrected chi connectivity index (χ4v) is 1.07. The largest absolute Gasteiger partial charge is 0.382 e. The molecular formula is C10H22F2N4O2. The molecular weight excluding hydrogens is 246 g/mol. The van der Waals surface area contributed by atoms with Crippen LogP contribution in [0, 0.1) is 0 Å². The van der Waals surface area contributed by atoms with Gasteiger partial charge >= 0.3 is 0 Å². The highest BCUT2D eigenvalue weighted by molar-refractivity contribution is 5.79. The maximum absolute atomic E-state index is 11.7. The van der Waals surface area contributed by atoms with Crippen molar-refractivity contribution >= 4 is 5.96 Å². The van der Waals surface area contributed by atoms with Crippen LogP contribution in [0.1, 0.15) is 13.3 Å². The number of ether oxygens (including phenoxy) is 2. The Bertz CT molecular complexity index is 218. The normalized spacial score (nSPS) is 11.9. The number of nitrogens with zero attached hydrogens (tertiary/aromatic N) is 1. The first-order chi connectivity index (χ1) is 8.70. The van der Waals surface area contributed by atoms with Crippen LogP contribution in [0.3, 0.4) is 0 Å². The molecule has 0 saturated carbocycles. The van der Waals surface area contributed by atoms with Gasteiger partial charge in [0, 0.05) is 26.3 Å². The Labute approximate surface area is 106 Å². The van der Waals surface area contributed by atoms with Crippen LogP contribution in [0.2, 0.25) is 0 Å². The third kappa shape index (κ3) is 11.5. The first-order valence-electron chi connectivity index (χ1n) is 5.89. The van der Waals surface area contributed by atoms with Gasteiger partial charge in [-0.3, -0.25) is 10.4 Å². The second kappa shape index (κ2) is 12.5. The summed E-state index contributed by atoms with van der Waals surface area (Å²) < 4.78 is 33.3. The number of rotatable bonds is 10. The Balaban J connectivity index is 3.53. The summed E-state index contributed by atoms with van der Waals surface area (Å²) in [5.41, 5.74) is 2.39. The van der Waals surface area contributed by atoms with E-state index < -0.39 is 13.0 Å². The molecule has 0 aromatic heterocycles. The second-order valence-electron chi connectivity index (χ2n) is 3.32. The van der Waals surface area contributed by atoms with Crippen molar-refractivity contribution in [3.05, 3.63) is 0 Å². The first kappa shape index (κ1) is 17.0. The van der Waals surface area contributed by atoms with Crippen molar-refractivity contribution < 1.29 is 18.3 Å². The van der Waals surface area contributed by atoms with E-state index in [1.165, 1.54) is 0 Å². The number of hydrogen-bond acceptors (Lipinski definition) is 4. The molecule has 0 rings (SSSR count). The molecule has 0 bridgehead atoms. The molecule has 0 aromatic rings. The Morgan fingerprint density at radius 1 is 1.33 bits per heavy atom. The van der Waals surface area contributed by atoms with Crippen molar-refractivity contribution in [1.82, 2.24) is 10.7 Å². The molecule has 6 nitrogen and oxygen atoms in total. The molecule has 18 heavy (non-hydrogen) atoms. The minimum atomic E-state index is -2.44. The molecule has 8 heteroatoms. The average Bonchev–Trinajstić information content (AvgIpc) is 2.35. The van der Waals surface area contributed by atoms with Gasteiger partial charge in [0.2, 0.25) is 5.96 Å². The Hall–Kier alpha value is -0.990. The minimum Gasteiger partial charge on any atom is -0.382 e. The third-order valence-electron chi connectivity index (χ3n) is 1.84. The number of alkyl halides is 2. The Morgan fingerprint density at radius 2 is 2.11 bits per heavy atom. The molecule has 0 radical (unpaired) electrons. The van der Waals surface area contributed by atoms with Gasteiger partial charge in [-0.1, -0.05) is 0 Å². The number of guanidine groups is 1. The lowest BCUT2D eigenvalue weighted by Crippen LogP contribution is -2.43. The quantitative estimate of drug-likeness (QED) is 0.172. The number of hydrogen-bond donors (Lipinski definition) is 3. The molecule has 0 aliphatic heterocycles. The van der Waals surface area contributed by atoms with E-state index in [0.29, 0.717) is 32.3 Å². The lowest BCUT2D eigenvalue weighted by atomic mass is 10.4. The molecule has 0 fully saturated rings. The summed E-state index contributed by atoms with van der Waals surface area (Å²) in [4.78, 5) is 4.13. The summed E-state index contributed by atoms with van der Waals surface area (Å²) >= 11 is 0. The second-order valence-corrected chi connectivity index (χ2v) is 3.32. The van der Waals surface area contributed by atoms with Crippen LogP contribution in [-0.4, -0.2) is 51.9 Å². The van der Waals surface area contributed by atoms with Crippen molar-refractivity contribution in [2.24, 2.45) is 10.8 Å². The Kier molecular flexibility index (Phi) is 11.8. The van der Waals surface area contributed by atoms with Gasteiger partial charge < -0.3 is 14.8 Å². The highest BCUT2D eigenvalue weighted by Crippen LogP contribution is 1.91. The van der Waals surface area contributed by atoms with Crippen LogP contribution in [-0.2, 0) is 9.47 Å². The molecule has 0 atom stereocenters. The van der Waals surface area contributed by atoms with E-state index in [0.717, 1.165) is 6.42 Å². The summed E-state index contributed by atoms with van der Waals surface area (Å²) in [6, 6.07) is 0. The first-order valence-corrected chi connectivity index (χ1v) is 5.89. The minimum absolute atomic E-state index is 0.171. The van der Waals surface area contributed by atoms with Crippen molar-refractivity contribution in [1.29, 1.82) is 0 Å². The van der Waals surface area contributed by atoms with E-state index in [1.54, 1.807) is 0 Å². The van der Waals surface area contributed by atoms with E-state index in [-0.39, 0.29) is 6.61 Å². The molecule has 0 aliphatic rings. The predicted molar refractivity (Wildman–Crippen MR) is 65.6 cm³/mol. The lowest BCUT2D eigenvalue weighted by Gasteiger charge is -2.09. The fraction of sp³-hybridized carbons (Fsp3) is 0.900. The average molecular weight is 268 g/mol. The smallest absolute Gasteiger partial charge is 0.261 e. The van der Waals surface area contributed by atoms with Crippen LogP contribution in [0.4, 0.5) is 8.78 Å². The lowest BCUT2D eigenvalue weighted by molar-refractivity contribution is 0.0196. The number of aliphatic imine (C=N–C) groups is 1. The molecule has 0 heterocycles. The highest BCUT2D eigenvalue weighted by atomic mass is 19.3. The van der Waals surface area contributed by atoms with Gasteiger partial charge in [0.25, 0.3) is 6.43 Å². The topological polar surface area (TPSA) is 80.9 Å². The molecule has 0 saturated heterocycles. The zero-order valence-corrected chi connectivity index (χ0v) is 10.6. The SMILES string of the molecule is CCOCCCN=C(NN)NCCOCC(F)F. The summed E-state index contributed by atoms with van der Waals surface area (Å²) in [7, 11) is 0. The molecule has 108 valence electrons. The highest BCUT2D eigenvalue weighted by Gasteiger charge is 2.01. The summed E-state index contributed by atoms with van der Waals surface area (Å²) in [5.74, 6) is 5.65. The van der Waals surface area contributed by atoms with Gasteiger partial charge in [-0.15, -0.1) is 0 Å². The van der Waals surface area contributed by atoms with Gasteiger partial charge in [0.05, 0.1) is 6.61 Å². The van der Waals surface area contributed by atoms with Crippen molar-refractivity contribution in [3.63, 3.8) is 0 Å². The summed E-state index contributed by atoms with van der Waals surface area (Å²) in [6.07, 6.45) is -1.65. The molecule has 4 N–H and O–H groups in total. The third-order valence-corrected chi connectivity index (χ3v) is 1.84. The number of nitrogens with one attached hydrogen (secondary N) is 2. The summed E-state index contributed by atoms with van der Waals surface area (Å²) in [6.45, 7) is 3.81. The van der Waals surface area contributed by atoms with Gasteiger partial charge in [0.15, 0.2) is 0 Å². The summed E-state index contributed by atoms with van der Waals surface area (Å²) in [5, 5.41) is 2.84. The predicted octanol–water partition coefficient (Wildman–Crippen LogP) is 0.104. The van der Waals surface area contributed by atoms with Crippen LogP contribution in [0.5, 0.6) is 0 Å². The molecule has 0 aliphatic carbocycles. The number of halogens is 2. The van der Waals surface area contributed by atoms with Crippen LogP contribution < -0.4 is 16.6 Å². The molecule has 0 amide bonds. The monoisotopic (exact) mass is 268 g/mol. The van der Waals surface area contributed by atoms with Crippen molar-refractivity contribution in [2.75, 3.05) is 39.5 Å². The van der Waals surface area contributed by atoms with Crippen LogP contribution in [0.15, 0.2) is 4.99 Å². The van der Waals surface area contributed by atoms with Gasteiger partial charge in [0.1, 0.15) is 6.61 Å². The zero-order chi connectivity index (χ0) is 13.6. The Morgan fingerprint density at radius 3 is 2.72 bits per heavy atom. The standard InChI is InChI=1S/C10H22F2N4O2/c1-2-17-6-3-4-14-10(16-13)15-5-7-18-8-9(11)12/h9H,2-8,13H2,1H3,(H2,14,15,16). The van der Waals surface area contributed by atoms with E-state index in [1.807, 2.05) is 6.92 Å². The van der Waals surface area contributed by atoms with Crippen molar-refractivity contribution in [2.45, 2.75) is 19.8 Å². The number of hydrazine groups is 1. The fourth-order valence-electron chi connectivity index (χ4n) is 1.07. The molecule has 0 unspecified atom stereocenters. The van der Waals surface area contributed by atoms with E-state index >= 15 is 0 Å². The van der Waals surface area contributed by atoms with Crippen molar-refractivity contribution in [3.8, 4) is 0 Å². The van der Waals surface area contributed by atoms with E-state index in [4.69, 9.17) is 15.3 Å². The van der Waals surface area contributed by atoms with Gasteiger partial charge in [-0.25, -0.2) is 14.6 Å². The maximum Gasteiger partial charge on any atom is 0.261 e. The maximum atomic E-state index is 11.7. The zero-order valence-electron chi connectivity index (χ0n) is 10.6. The van der Waals surface area contributed by atoms with Gasteiger partial charge in [-0.05, 0) is 13.3 Å². The van der Waals surface area contributed by atoms with E-state index in [9.17, 15) is 8.78 Å². The molecule has 0 spiro atoms. The van der Waals surface area contributed by atoms with Crippen LogP contribution >= 0.6 is 0 Å². The van der Waals surface area contributed by atoms with E-state index in [2.05, 4.69) is 15.7 Å². The molecule has 0 aromatic carbocycles. The van der Waals surface area contributed by atoms with Crippen LogP contribution in [0.25, 0.3) is 0 Å². The number of nitrogens with two attached hydrogens (primary N) is 1.